The van der Waals surface area contributed by atoms with Crippen LogP contribution >= 0.6 is 22.9 Å². The molecule has 0 saturated heterocycles. The lowest BCUT2D eigenvalue weighted by Gasteiger charge is -2.25. The number of hydrogen-bond donors (Lipinski definition) is 0. The number of carbonyl (C=O) groups excluding carboxylic acids is 1. The average molecular weight is 499 g/mol. The van der Waals surface area contributed by atoms with Crippen LogP contribution in [0, 0.1) is 0 Å². The summed E-state index contributed by atoms with van der Waals surface area (Å²) >= 11 is 7.79. The number of methoxy groups -OCH3 is 2. The van der Waals surface area contributed by atoms with Crippen LogP contribution < -0.4 is 19.6 Å². The number of thiazole rings is 1. The van der Waals surface area contributed by atoms with E-state index in [1.165, 1.54) is 23.0 Å². The summed E-state index contributed by atoms with van der Waals surface area (Å²) < 4.78 is 17.6. The summed E-state index contributed by atoms with van der Waals surface area (Å²) in [7, 11) is 3.13. The zero-order valence-corrected chi connectivity index (χ0v) is 20.5. The summed E-state index contributed by atoms with van der Waals surface area (Å²) in [5.41, 5.74) is 1.95. The molecule has 1 aromatic heterocycles. The lowest BCUT2D eigenvalue weighted by atomic mass is 9.96. The minimum Gasteiger partial charge on any atom is -0.497 e. The molecule has 4 rings (SSSR count). The van der Waals surface area contributed by atoms with E-state index < -0.39 is 12.0 Å². The summed E-state index contributed by atoms with van der Waals surface area (Å²) in [5, 5.41) is 0.439. The predicted octanol–water partition coefficient (Wildman–Crippen LogP) is 3.09. The van der Waals surface area contributed by atoms with Crippen molar-refractivity contribution in [2.75, 3.05) is 27.4 Å². The number of carbonyl (C=O) groups is 1. The Morgan fingerprint density at radius 3 is 2.56 bits per heavy atom. The van der Waals surface area contributed by atoms with Gasteiger partial charge in [-0.1, -0.05) is 53.3 Å². The van der Waals surface area contributed by atoms with E-state index in [9.17, 15) is 9.59 Å². The first-order valence-electron chi connectivity index (χ1n) is 10.5. The molecule has 0 spiro atoms. The highest BCUT2D eigenvalue weighted by molar-refractivity contribution is 7.07. The van der Waals surface area contributed by atoms with Crippen LogP contribution in [0.2, 0.25) is 5.02 Å². The van der Waals surface area contributed by atoms with Gasteiger partial charge in [0.1, 0.15) is 18.4 Å². The molecule has 0 fully saturated rings. The van der Waals surface area contributed by atoms with E-state index >= 15 is 0 Å². The maximum atomic E-state index is 13.6. The van der Waals surface area contributed by atoms with E-state index in [2.05, 4.69) is 4.99 Å². The van der Waals surface area contributed by atoms with Crippen LogP contribution in [0.15, 0.2) is 69.6 Å². The van der Waals surface area contributed by atoms with E-state index in [0.717, 1.165) is 11.3 Å². The summed E-state index contributed by atoms with van der Waals surface area (Å²) in [5.74, 6) is 0.164. The summed E-state index contributed by atoms with van der Waals surface area (Å²) in [4.78, 5) is 31.7. The molecule has 9 heteroatoms. The van der Waals surface area contributed by atoms with Crippen LogP contribution in [0.25, 0.3) is 6.08 Å². The molecule has 1 aliphatic heterocycles. The molecule has 2 aromatic carbocycles. The van der Waals surface area contributed by atoms with Gasteiger partial charge in [-0.25, -0.2) is 9.79 Å². The third-order valence-electron chi connectivity index (χ3n) is 5.38. The predicted molar refractivity (Wildman–Crippen MR) is 131 cm³/mol. The molecule has 34 heavy (non-hydrogen) atoms. The van der Waals surface area contributed by atoms with Crippen molar-refractivity contribution in [2.45, 2.75) is 13.0 Å². The SMILES string of the molecule is COCCOC(=O)C1=C(C)N=c2s/c(=C/c3ccc(OC)cc3)c(=O)n2C1c1ccccc1Cl. The van der Waals surface area contributed by atoms with Crippen molar-refractivity contribution in [3.8, 4) is 5.75 Å². The second-order valence-corrected chi connectivity index (χ2v) is 8.92. The highest BCUT2D eigenvalue weighted by Crippen LogP contribution is 2.34. The number of nitrogens with zero attached hydrogens (tertiary/aromatic N) is 2. The van der Waals surface area contributed by atoms with Crippen molar-refractivity contribution in [1.82, 2.24) is 4.57 Å². The fourth-order valence-corrected chi connectivity index (χ4v) is 5.01. The molecule has 0 aliphatic carbocycles. The Morgan fingerprint density at radius 1 is 1.15 bits per heavy atom. The lowest BCUT2D eigenvalue weighted by molar-refractivity contribution is -0.140. The standard InChI is InChI=1S/C25H23ClN2O5S/c1-15-21(24(30)33-13-12-31-2)22(18-6-4-5-7-19(18)26)28-23(29)20(34-25(28)27-15)14-16-8-10-17(32-3)11-9-16/h4-11,14,22H,12-13H2,1-3H3/b20-14+. The van der Waals surface area contributed by atoms with Crippen LogP contribution in [0.4, 0.5) is 0 Å². The number of fused-ring (bicyclic) bond motifs is 1. The van der Waals surface area contributed by atoms with Crippen LogP contribution in [-0.4, -0.2) is 38.0 Å². The second kappa shape index (κ2) is 10.4. The van der Waals surface area contributed by atoms with Crippen molar-refractivity contribution in [3.05, 3.63) is 95.6 Å². The third kappa shape index (κ3) is 4.70. The number of hydrogen-bond acceptors (Lipinski definition) is 7. The third-order valence-corrected chi connectivity index (χ3v) is 6.70. The molecule has 0 radical (unpaired) electrons. The van der Waals surface area contributed by atoms with Gasteiger partial charge in [-0.15, -0.1) is 0 Å². The van der Waals surface area contributed by atoms with E-state index in [0.29, 0.717) is 25.6 Å². The van der Waals surface area contributed by atoms with Crippen molar-refractivity contribution in [3.63, 3.8) is 0 Å². The number of ether oxygens (including phenoxy) is 3. The molecule has 176 valence electrons. The van der Waals surface area contributed by atoms with Crippen LogP contribution in [0.1, 0.15) is 24.1 Å². The average Bonchev–Trinajstić information content (AvgIpc) is 3.13. The monoisotopic (exact) mass is 498 g/mol. The molecule has 1 aliphatic rings. The normalized spacial score (nSPS) is 15.6. The minimum atomic E-state index is -0.766. The van der Waals surface area contributed by atoms with Crippen molar-refractivity contribution < 1.29 is 19.0 Å². The number of rotatable bonds is 7. The first-order chi connectivity index (χ1) is 16.4. The topological polar surface area (TPSA) is 79.1 Å². The Morgan fingerprint density at radius 2 is 1.88 bits per heavy atom. The molecule has 1 atom stereocenters. The van der Waals surface area contributed by atoms with Crippen molar-refractivity contribution in [1.29, 1.82) is 0 Å². The van der Waals surface area contributed by atoms with E-state index in [4.69, 9.17) is 25.8 Å². The summed E-state index contributed by atoms with van der Waals surface area (Å²) in [6, 6.07) is 13.8. The highest BCUT2D eigenvalue weighted by atomic mass is 35.5. The molecule has 0 N–H and O–H groups in total. The first kappa shape index (κ1) is 23.9. The molecule has 1 unspecified atom stereocenters. The summed E-state index contributed by atoms with van der Waals surface area (Å²) in [6.07, 6.45) is 1.79. The lowest BCUT2D eigenvalue weighted by Crippen LogP contribution is -2.40. The van der Waals surface area contributed by atoms with Gasteiger partial charge in [0.2, 0.25) is 0 Å². The van der Waals surface area contributed by atoms with Gasteiger partial charge in [0.15, 0.2) is 4.80 Å². The van der Waals surface area contributed by atoms with E-state index in [-0.39, 0.29) is 24.3 Å². The van der Waals surface area contributed by atoms with Crippen LogP contribution in [-0.2, 0) is 14.3 Å². The van der Waals surface area contributed by atoms with Gasteiger partial charge in [-0.2, -0.15) is 0 Å². The molecule has 0 saturated carbocycles. The smallest absolute Gasteiger partial charge is 0.338 e. The van der Waals surface area contributed by atoms with Crippen molar-refractivity contribution in [2.24, 2.45) is 4.99 Å². The Kier molecular flexibility index (Phi) is 7.31. The molecule has 2 heterocycles. The summed E-state index contributed by atoms with van der Waals surface area (Å²) in [6.45, 7) is 2.08. The van der Waals surface area contributed by atoms with Gasteiger partial charge in [0.25, 0.3) is 5.56 Å². The Balaban J connectivity index is 1.88. The van der Waals surface area contributed by atoms with E-state index in [1.54, 1.807) is 38.3 Å². The largest absolute Gasteiger partial charge is 0.497 e. The number of benzene rings is 2. The van der Waals surface area contributed by atoms with E-state index in [1.807, 2.05) is 30.3 Å². The van der Waals surface area contributed by atoms with Crippen LogP contribution in [0.3, 0.4) is 0 Å². The zero-order chi connectivity index (χ0) is 24.2. The highest BCUT2D eigenvalue weighted by Gasteiger charge is 2.34. The molecule has 0 amide bonds. The number of aromatic nitrogens is 1. The Hall–Kier alpha value is -3.20. The van der Waals surface area contributed by atoms with Gasteiger partial charge in [-0.3, -0.25) is 9.36 Å². The number of allylic oxidation sites excluding steroid dienone is 1. The minimum absolute atomic E-state index is 0.0866. The molecular weight excluding hydrogens is 476 g/mol. The van der Waals surface area contributed by atoms with Gasteiger partial charge in [-0.05, 0) is 42.3 Å². The maximum Gasteiger partial charge on any atom is 0.338 e. The van der Waals surface area contributed by atoms with Gasteiger partial charge >= 0.3 is 5.97 Å². The van der Waals surface area contributed by atoms with Crippen LogP contribution in [0.5, 0.6) is 5.75 Å². The quantitative estimate of drug-likeness (QED) is 0.369. The fraction of sp³-hybridized carbons (Fsp3) is 0.240. The van der Waals surface area contributed by atoms with Gasteiger partial charge in [0.05, 0.1) is 29.5 Å². The molecule has 3 aromatic rings. The Labute approximate surface area is 205 Å². The Bertz CT molecular complexity index is 1420. The van der Waals surface area contributed by atoms with Gasteiger partial charge in [0, 0.05) is 12.1 Å². The maximum absolute atomic E-state index is 13.6. The molecule has 0 bridgehead atoms. The van der Waals surface area contributed by atoms with Crippen molar-refractivity contribution >= 4 is 35.0 Å². The fourth-order valence-electron chi connectivity index (χ4n) is 3.72. The molecule has 7 nitrogen and oxygen atoms in total. The number of halogens is 1. The first-order valence-corrected chi connectivity index (χ1v) is 11.7. The zero-order valence-electron chi connectivity index (χ0n) is 18.9. The van der Waals surface area contributed by atoms with Gasteiger partial charge < -0.3 is 14.2 Å². The number of esters is 1. The second-order valence-electron chi connectivity index (χ2n) is 7.51. The molecular formula is C25H23ClN2O5S.